The van der Waals surface area contributed by atoms with E-state index in [4.69, 9.17) is 11.6 Å². The van der Waals surface area contributed by atoms with E-state index in [0.29, 0.717) is 17.8 Å². The highest BCUT2D eigenvalue weighted by molar-refractivity contribution is 6.16. The van der Waals surface area contributed by atoms with Crippen LogP contribution < -0.4 is 0 Å². The third-order valence-electron chi connectivity index (χ3n) is 2.59. The van der Waals surface area contributed by atoms with Crippen molar-refractivity contribution < 1.29 is 0 Å². The summed E-state index contributed by atoms with van der Waals surface area (Å²) in [5.74, 6) is 2.85. The van der Waals surface area contributed by atoms with Crippen molar-refractivity contribution in [3.8, 4) is 0 Å². The molecular formula is C11H20ClN3. The Balaban J connectivity index is 3.01. The molecular weight excluding hydrogens is 210 g/mol. The van der Waals surface area contributed by atoms with Crippen LogP contribution in [0.25, 0.3) is 0 Å². The zero-order valence-corrected chi connectivity index (χ0v) is 10.8. The molecule has 0 aliphatic rings. The van der Waals surface area contributed by atoms with Gasteiger partial charge in [-0.3, -0.25) is 0 Å². The first-order chi connectivity index (χ1) is 7.11. The molecule has 86 valence electrons. The van der Waals surface area contributed by atoms with Crippen molar-refractivity contribution in [2.45, 2.75) is 58.4 Å². The van der Waals surface area contributed by atoms with E-state index in [2.05, 4.69) is 42.5 Å². The first kappa shape index (κ1) is 12.5. The van der Waals surface area contributed by atoms with E-state index in [-0.39, 0.29) is 0 Å². The lowest BCUT2D eigenvalue weighted by Crippen LogP contribution is -2.11. The Labute approximate surface area is 96.8 Å². The highest BCUT2D eigenvalue weighted by Crippen LogP contribution is 2.23. The third-order valence-corrected chi connectivity index (χ3v) is 2.83. The van der Waals surface area contributed by atoms with Crippen molar-refractivity contribution in [1.82, 2.24) is 14.8 Å². The van der Waals surface area contributed by atoms with Gasteiger partial charge in [0, 0.05) is 12.0 Å². The van der Waals surface area contributed by atoms with Gasteiger partial charge in [-0.1, -0.05) is 20.3 Å². The maximum atomic E-state index is 5.85. The molecule has 1 unspecified atom stereocenters. The molecule has 0 spiro atoms. The standard InChI is InChI=1S/C11H20ClN3/c1-5-6-9(4)11-14-13-10(7-12)15(11)8(2)3/h8-9H,5-7H2,1-4H3. The van der Waals surface area contributed by atoms with Crippen molar-refractivity contribution in [3.05, 3.63) is 11.6 Å². The minimum absolute atomic E-state index is 0.378. The molecule has 15 heavy (non-hydrogen) atoms. The van der Waals surface area contributed by atoms with Gasteiger partial charge in [-0.25, -0.2) is 0 Å². The maximum Gasteiger partial charge on any atom is 0.148 e. The fraction of sp³-hybridized carbons (Fsp3) is 0.818. The predicted molar refractivity (Wildman–Crippen MR) is 63.3 cm³/mol. The Bertz CT molecular complexity index is 307. The second-order valence-corrected chi connectivity index (χ2v) is 4.53. The van der Waals surface area contributed by atoms with Crippen molar-refractivity contribution >= 4 is 11.6 Å². The molecule has 0 bridgehead atoms. The Hall–Kier alpha value is -0.570. The summed E-state index contributed by atoms with van der Waals surface area (Å²) in [5, 5.41) is 8.40. The van der Waals surface area contributed by atoms with E-state index in [0.717, 1.165) is 18.1 Å². The summed E-state index contributed by atoms with van der Waals surface area (Å²) >= 11 is 5.85. The monoisotopic (exact) mass is 229 g/mol. The largest absolute Gasteiger partial charge is 0.311 e. The number of hydrogen-bond donors (Lipinski definition) is 0. The minimum atomic E-state index is 0.378. The van der Waals surface area contributed by atoms with Crippen LogP contribution in [0.15, 0.2) is 0 Å². The SMILES string of the molecule is CCCC(C)c1nnc(CCl)n1C(C)C. The fourth-order valence-electron chi connectivity index (χ4n) is 1.89. The predicted octanol–water partition coefficient (Wildman–Crippen LogP) is 3.50. The quantitative estimate of drug-likeness (QED) is 0.724. The number of aromatic nitrogens is 3. The van der Waals surface area contributed by atoms with Crippen molar-refractivity contribution in [2.24, 2.45) is 0 Å². The van der Waals surface area contributed by atoms with Gasteiger partial charge in [0.25, 0.3) is 0 Å². The molecule has 1 aromatic heterocycles. The lowest BCUT2D eigenvalue weighted by molar-refractivity contribution is 0.510. The van der Waals surface area contributed by atoms with Crippen LogP contribution in [0.2, 0.25) is 0 Å². The average molecular weight is 230 g/mol. The zero-order chi connectivity index (χ0) is 11.4. The number of alkyl halides is 1. The van der Waals surface area contributed by atoms with Crippen molar-refractivity contribution in [1.29, 1.82) is 0 Å². The lowest BCUT2D eigenvalue weighted by atomic mass is 10.1. The topological polar surface area (TPSA) is 30.7 Å². The number of nitrogens with zero attached hydrogens (tertiary/aromatic N) is 3. The number of halogens is 1. The maximum absolute atomic E-state index is 5.85. The van der Waals surface area contributed by atoms with Crippen LogP contribution in [-0.2, 0) is 5.88 Å². The molecule has 1 rings (SSSR count). The van der Waals surface area contributed by atoms with Gasteiger partial charge < -0.3 is 4.57 Å². The highest BCUT2D eigenvalue weighted by atomic mass is 35.5. The van der Waals surface area contributed by atoms with Crippen LogP contribution in [0.5, 0.6) is 0 Å². The Morgan fingerprint density at radius 3 is 2.40 bits per heavy atom. The van der Waals surface area contributed by atoms with E-state index in [1.807, 2.05) is 0 Å². The summed E-state index contributed by atoms with van der Waals surface area (Å²) < 4.78 is 2.16. The van der Waals surface area contributed by atoms with E-state index < -0.39 is 0 Å². The van der Waals surface area contributed by atoms with E-state index in [1.165, 1.54) is 6.42 Å². The Morgan fingerprint density at radius 1 is 1.27 bits per heavy atom. The molecule has 0 fully saturated rings. The first-order valence-electron chi connectivity index (χ1n) is 5.61. The van der Waals surface area contributed by atoms with E-state index in [1.54, 1.807) is 0 Å². The summed E-state index contributed by atoms with van der Waals surface area (Å²) in [4.78, 5) is 0. The van der Waals surface area contributed by atoms with Crippen molar-refractivity contribution in [3.63, 3.8) is 0 Å². The molecule has 3 nitrogen and oxygen atoms in total. The first-order valence-corrected chi connectivity index (χ1v) is 6.14. The Morgan fingerprint density at radius 2 is 1.93 bits per heavy atom. The molecule has 1 aromatic rings. The van der Waals surface area contributed by atoms with Crippen LogP contribution in [0.1, 0.15) is 64.1 Å². The molecule has 1 atom stereocenters. The van der Waals surface area contributed by atoms with Crippen LogP contribution >= 0.6 is 11.6 Å². The van der Waals surface area contributed by atoms with Gasteiger partial charge in [-0.2, -0.15) is 0 Å². The second-order valence-electron chi connectivity index (χ2n) is 4.26. The summed E-state index contributed by atoms with van der Waals surface area (Å²) in [6.07, 6.45) is 2.31. The normalized spacial score (nSPS) is 13.5. The van der Waals surface area contributed by atoms with E-state index >= 15 is 0 Å². The second kappa shape index (κ2) is 5.50. The van der Waals surface area contributed by atoms with Crippen LogP contribution in [0.3, 0.4) is 0 Å². The van der Waals surface area contributed by atoms with Gasteiger partial charge in [0.1, 0.15) is 11.6 Å². The molecule has 1 heterocycles. The van der Waals surface area contributed by atoms with E-state index in [9.17, 15) is 0 Å². The van der Waals surface area contributed by atoms with Crippen LogP contribution in [0, 0.1) is 0 Å². The molecule has 0 aromatic carbocycles. The van der Waals surface area contributed by atoms with Gasteiger partial charge in [0.05, 0.1) is 5.88 Å². The molecule has 0 N–H and O–H groups in total. The zero-order valence-electron chi connectivity index (χ0n) is 10.00. The number of hydrogen-bond acceptors (Lipinski definition) is 2. The summed E-state index contributed by atoms with van der Waals surface area (Å²) in [7, 11) is 0. The highest BCUT2D eigenvalue weighted by Gasteiger charge is 2.18. The van der Waals surface area contributed by atoms with Gasteiger partial charge >= 0.3 is 0 Å². The van der Waals surface area contributed by atoms with Crippen LogP contribution in [0.4, 0.5) is 0 Å². The Kier molecular flexibility index (Phi) is 4.58. The fourth-order valence-corrected chi connectivity index (χ4v) is 2.07. The molecule has 4 heteroatoms. The average Bonchev–Trinajstić information content (AvgIpc) is 2.61. The van der Waals surface area contributed by atoms with Gasteiger partial charge in [-0.15, -0.1) is 21.8 Å². The molecule has 0 amide bonds. The molecule has 0 saturated carbocycles. The molecule has 0 saturated heterocycles. The number of rotatable bonds is 5. The molecule has 0 aliphatic carbocycles. The third kappa shape index (κ3) is 2.71. The summed E-state index contributed by atoms with van der Waals surface area (Å²) in [6, 6.07) is 0.378. The van der Waals surface area contributed by atoms with Crippen molar-refractivity contribution in [2.75, 3.05) is 0 Å². The molecule has 0 aliphatic heterocycles. The van der Waals surface area contributed by atoms with Crippen LogP contribution in [-0.4, -0.2) is 14.8 Å². The molecule has 0 radical (unpaired) electrons. The summed E-state index contributed by atoms with van der Waals surface area (Å²) in [5.41, 5.74) is 0. The smallest absolute Gasteiger partial charge is 0.148 e. The minimum Gasteiger partial charge on any atom is -0.311 e. The van der Waals surface area contributed by atoms with Gasteiger partial charge in [0.15, 0.2) is 0 Å². The lowest BCUT2D eigenvalue weighted by Gasteiger charge is -2.16. The van der Waals surface area contributed by atoms with Gasteiger partial charge in [-0.05, 0) is 20.3 Å². The summed E-state index contributed by atoms with van der Waals surface area (Å²) in [6.45, 7) is 8.67. The van der Waals surface area contributed by atoms with Gasteiger partial charge in [0.2, 0.25) is 0 Å².